The highest BCUT2D eigenvalue weighted by Gasteiger charge is 2.42. The quantitative estimate of drug-likeness (QED) is 0.233. The van der Waals surface area contributed by atoms with Gasteiger partial charge in [-0.15, -0.1) is 0 Å². The zero-order chi connectivity index (χ0) is 13.6. The Bertz CT molecular complexity index is 293. The van der Waals surface area contributed by atoms with Gasteiger partial charge in [0.05, 0.1) is 6.04 Å². The maximum Gasteiger partial charge on any atom is 0.400 e. The lowest BCUT2D eigenvalue weighted by atomic mass is 10.1. The third-order valence-corrected chi connectivity index (χ3v) is 2.14. The minimum atomic E-state index is -4.65. The van der Waals surface area contributed by atoms with Crippen LogP contribution in [-0.4, -0.2) is 42.8 Å². The van der Waals surface area contributed by atoms with Gasteiger partial charge in [-0.05, 0) is 6.92 Å². The van der Waals surface area contributed by atoms with Crippen LogP contribution < -0.4 is 16.4 Å². The number of nitrogens with one attached hydrogen (secondary N) is 2. The number of amidine groups is 1. The number of nitrogens with zero attached hydrogens (tertiary/aromatic N) is 1. The number of likely N-dealkylation sites (N-methyl/N-ethyl adjacent to an activating group) is 1. The van der Waals surface area contributed by atoms with Gasteiger partial charge in [-0.3, -0.25) is 4.79 Å². The fraction of sp³-hybridized carbons (Fsp3) is 0.750. The first kappa shape index (κ1) is 15.5. The van der Waals surface area contributed by atoms with Crippen LogP contribution in [0.2, 0.25) is 0 Å². The van der Waals surface area contributed by atoms with E-state index in [0.29, 0.717) is 0 Å². The number of halogens is 3. The predicted octanol–water partition coefficient (Wildman–Crippen LogP) is -0.365. The number of amides is 1. The van der Waals surface area contributed by atoms with E-state index in [1.165, 1.54) is 14.0 Å². The van der Waals surface area contributed by atoms with Crippen molar-refractivity contribution in [2.45, 2.75) is 19.1 Å². The van der Waals surface area contributed by atoms with Crippen molar-refractivity contribution in [2.75, 3.05) is 13.6 Å². The van der Waals surface area contributed by atoms with E-state index in [-0.39, 0.29) is 0 Å². The fourth-order valence-electron chi connectivity index (χ4n) is 1.06. The van der Waals surface area contributed by atoms with Gasteiger partial charge in [0.15, 0.2) is 5.84 Å². The zero-order valence-electron chi connectivity index (χ0n) is 9.38. The Morgan fingerprint density at radius 2 is 2.06 bits per heavy atom. The normalized spacial score (nSPS) is 16.4. The highest BCUT2D eigenvalue weighted by molar-refractivity contribution is 5.83. The number of nitrogens with two attached hydrogens (primary N) is 1. The van der Waals surface area contributed by atoms with Crippen LogP contribution in [0.5, 0.6) is 0 Å². The molecule has 0 aliphatic carbocycles. The predicted molar refractivity (Wildman–Crippen MR) is 54.5 cm³/mol. The molecule has 1 amide bonds. The van der Waals surface area contributed by atoms with Crippen molar-refractivity contribution < 1.29 is 23.2 Å². The molecule has 100 valence electrons. The van der Waals surface area contributed by atoms with Gasteiger partial charge in [-0.1, -0.05) is 5.16 Å². The Balaban J connectivity index is 4.53. The van der Waals surface area contributed by atoms with Crippen LogP contribution in [0, 0.1) is 5.92 Å². The van der Waals surface area contributed by atoms with E-state index in [0.717, 1.165) is 0 Å². The molecule has 0 saturated carbocycles. The summed E-state index contributed by atoms with van der Waals surface area (Å²) < 4.78 is 37.4. The second kappa shape index (κ2) is 6.28. The highest BCUT2D eigenvalue weighted by atomic mass is 19.4. The standard InChI is InChI=1S/C8H15F3N4O2/c1-4(7(16)13-2)14-3-5(6(12)15-17)8(9,10)11/h4-5,14,17H,3H2,1-2H3,(H2,12,15)(H,13,16). The third-order valence-electron chi connectivity index (χ3n) is 2.14. The van der Waals surface area contributed by atoms with Gasteiger partial charge in [0.25, 0.3) is 0 Å². The molecular formula is C8H15F3N4O2. The van der Waals surface area contributed by atoms with Gasteiger partial charge < -0.3 is 21.6 Å². The molecule has 0 saturated heterocycles. The van der Waals surface area contributed by atoms with Gasteiger partial charge >= 0.3 is 6.18 Å². The summed E-state index contributed by atoms with van der Waals surface area (Å²) in [6.07, 6.45) is -4.65. The van der Waals surface area contributed by atoms with Crippen LogP contribution in [0.25, 0.3) is 0 Å². The van der Waals surface area contributed by atoms with Crippen molar-refractivity contribution in [3.8, 4) is 0 Å². The molecule has 0 aromatic rings. The van der Waals surface area contributed by atoms with Crippen LogP contribution in [0.4, 0.5) is 13.2 Å². The number of alkyl halides is 3. The molecule has 17 heavy (non-hydrogen) atoms. The molecule has 0 radical (unpaired) electrons. The minimum absolute atomic E-state index is 0.453. The number of rotatable bonds is 5. The zero-order valence-corrected chi connectivity index (χ0v) is 9.38. The molecule has 5 N–H and O–H groups in total. The van der Waals surface area contributed by atoms with Gasteiger partial charge in [0.2, 0.25) is 5.91 Å². The lowest BCUT2D eigenvalue weighted by molar-refractivity contribution is -0.155. The third kappa shape index (κ3) is 4.89. The Morgan fingerprint density at radius 1 is 1.53 bits per heavy atom. The fourth-order valence-corrected chi connectivity index (χ4v) is 1.06. The molecule has 0 bridgehead atoms. The Morgan fingerprint density at radius 3 is 2.41 bits per heavy atom. The Kier molecular flexibility index (Phi) is 5.72. The maximum atomic E-state index is 12.5. The largest absolute Gasteiger partial charge is 0.409 e. The summed E-state index contributed by atoms with van der Waals surface area (Å²) >= 11 is 0. The lowest BCUT2D eigenvalue weighted by Gasteiger charge is -2.21. The molecule has 0 fully saturated rings. The number of carbonyl (C=O) groups excluding carboxylic acids is 1. The van der Waals surface area contributed by atoms with Gasteiger partial charge in [0.1, 0.15) is 5.92 Å². The van der Waals surface area contributed by atoms with Crippen LogP contribution in [0.15, 0.2) is 5.16 Å². The Hall–Kier alpha value is -1.51. The molecular weight excluding hydrogens is 241 g/mol. The molecule has 9 heteroatoms. The average Bonchev–Trinajstić information content (AvgIpc) is 2.25. The number of hydrogen-bond donors (Lipinski definition) is 4. The van der Waals surface area contributed by atoms with E-state index in [1.54, 1.807) is 0 Å². The number of carbonyl (C=O) groups is 1. The van der Waals surface area contributed by atoms with E-state index in [2.05, 4.69) is 15.8 Å². The molecule has 6 nitrogen and oxygen atoms in total. The minimum Gasteiger partial charge on any atom is -0.409 e. The molecule has 0 heterocycles. The molecule has 0 rings (SSSR count). The molecule has 0 aliphatic rings. The van der Waals surface area contributed by atoms with Gasteiger partial charge in [-0.25, -0.2) is 0 Å². The molecule has 2 atom stereocenters. The smallest absolute Gasteiger partial charge is 0.400 e. The van der Waals surface area contributed by atoms with E-state index in [4.69, 9.17) is 10.9 Å². The van der Waals surface area contributed by atoms with Crippen LogP contribution in [0.3, 0.4) is 0 Å². The summed E-state index contributed by atoms with van der Waals surface area (Å²) in [5, 5.41) is 15.2. The SMILES string of the molecule is CNC(=O)C(C)NCC(C(N)=NO)C(F)(F)F. The van der Waals surface area contributed by atoms with Crippen LogP contribution in [-0.2, 0) is 4.79 Å². The number of hydrogen-bond acceptors (Lipinski definition) is 4. The Labute approximate surface area is 96.0 Å². The molecule has 0 aliphatic heterocycles. The first-order valence-corrected chi connectivity index (χ1v) is 4.73. The topological polar surface area (TPSA) is 99.7 Å². The van der Waals surface area contributed by atoms with Gasteiger partial charge in [0, 0.05) is 13.6 Å². The average molecular weight is 256 g/mol. The van der Waals surface area contributed by atoms with Crippen molar-refractivity contribution >= 4 is 11.7 Å². The van der Waals surface area contributed by atoms with Crippen molar-refractivity contribution in [3.63, 3.8) is 0 Å². The van der Waals surface area contributed by atoms with Crippen molar-refractivity contribution in [3.05, 3.63) is 0 Å². The summed E-state index contributed by atoms with van der Waals surface area (Å²) in [4.78, 5) is 11.0. The second-order valence-corrected chi connectivity index (χ2v) is 3.36. The first-order valence-electron chi connectivity index (χ1n) is 4.73. The summed E-state index contributed by atoms with van der Waals surface area (Å²) in [6, 6.07) is -0.809. The summed E-state index contributed by atoms with van der Waals surface area (Å²) in [5.74, 6) is -3.54. The molecule has 0 aromatic heterocycles. The summed E-state index contributed by atoms with van der Waals surface area (Å²) in [7, 11) is 1.37. The van der Waals surface area contributed by atoms with Crippen LogP contribution in [0.1, 0.15) is 6.92 Å². The van der Waals surface area contributed by atoms with E-state index >= 15 is 0 Å². The molecule has 2 unspecified atom stereocenters. The highest BCUT2D eigenvalue weighted by Crippen LogP contribution is 2.25. The molecule has 0 aromatic carbocycles. The van der Waals surface area contributed by atoms with Gasteiger partial charge in [-0.2, -0.15) is 13.2 Å². The molecule has 0 spiro atoms. The van der Waals surface area contributed by atoms with Crippen LogP contribution >= 0.6 is 0 Å². The van der Waals surface area contributed by atoms with Crippen molar-refractivity contribution in [2.24, 2.45) is 16.8 Å². The lowest BCUT2D eigenvalue weighted by Crippen LogP contribution is -2.48. The number of oxime groups is 1. The summed E-state index contributed by atoms with van der Waals surface area (Å²) in [6.45, 7) is 0.756. The van der Waals surface area contributed by atoms with E-state index in [1.807, 2.05) is 0 Å². The maximum absolute atomic E-state index is 12.5. The second-order valence-electron chi connectivity index (χ2n) is 3.36. The summed E-state index contributed by atoms with van der Waals surface area (Å²) in [5.41, 5.74) is 4.94. The van der Waals surface area contributed by atoms with E-state index in [9.17, 15) is 18.0 Å². The first-order chi connectivity index (χ1) is 7.73. The van der Waals surface area contributed by atoms with E-state index < -0.39 is 36.4 Å². The van der Waals surface area contributed by atoms with Crippen molar-refractivity contribution in [1.82, 2.24) is 10.6 Å². The monoisotopic (exact) mass is 256 g/mol. The van der Waals surface area contributed by atoms with Crippen molar-refractivity contribution in [1.29, 1.82) is 0 Å².